The second-order valence-electron chi connectivity index (χ2n) is 5.72. The van der Waals surface area contributed by atoms with Gasteiger partial charge in [-0.3, -0.25) is 14.5 Å². The number of carbonyl (C=O) groups excluding carboxylic acids is 2. The molecule has 2 fully saturated rings. The van der Waals surface area contributed by atoms with Crippen LogP contribution in [0.15, 0.2) is 0 Å². The van der Waals surface area contributed by atoms with Crippen LogP contribution >= 0.6 is 0 Å². The van der Waals surface area contributed by atoms with Gasteiger partial charge in [-0.1, -0.05) is 19.3 Å². The first-order valence-electron chi connectivity index (χ1n) is 7.24. The van der Waals surface area contributed by atoms with E-state index in [1.807, 2.05) is 4.90 Å². The van der Waals surface area contributed by atoms with Crippen molar-refractivity contribution in [3.8, 4) is 6.07 Å². The summed E-state index contributed by atoms with van der Waals surface area (Å²) in [6.45, 7) is 1.75. The topological polar surface area (TPSA) is 76.4 Å². The van der Waals surface area contributed by atoms with Gasteiger partial charge in [0.1, 0.15) is 5.54 Å². The van der Waals surface area contributed by atoms with Gasteiger partial charge in [0, 0.05) is 20.1 Å². The Morgan fingerprint density at radius 3 is 2.75 bits per heavy atom. The third-order valence-corrected chi connectivity index (χ3v) is 4.38. The van der Waals surface area contributed by atoms with Crippen molar-refractivity contribution >= 4 is 11.8 Å². The van der Waals surface area contributed by atoms with Crippen LogP contribution in [0.5, 0.6) is 0 Å². The van der Waals surface area contributed by atoms with E-state index >= 15 is 0 Å². The predicted octanol–water partition coefficient (Wildman–Crippen LogP) is 0.103. The van der Waals surface area contributed by atoms with Crippen LogP contribution in [0.3, 0.4) is 0 Å². The van der Waals surface area contributed by atoms with Crippen LogP contribution in [0.2, 0.25) is 0 Å². The molecule has 0 atom stereocenters. The average molecular weight is 278 g/mol. The van der Waals surface area contributed by atoms with Crippen molar-refractivity contribution in [2.45, 2.75) is 37.6 Å². The number of nitrogens with one attached hydrogen (secondary N) is 1. The monoisotopic (exact) mass is 278 g/mol. The summed E-state index contributed by atoms with van der Waals surface area (Å²) in [4.78, 5) is 27.1. The van der Waals surface area contributed by atoms with Crippen LogP contribution in [0.4, 0.5) is 0 Å². The summed E-state index contributed by atoms with van der Waals surface area (Å²) in [6.07, 6.45) is 4.64. The van der Waals surface area contributed by atoms with Gasteiger partial charge in [0.2, 0.25) is 11.8 Å². The molecule has 2 amide bonds. The van der Waals surface area contributed by atoms with E-state index < -0.39 is 5.54 Å². The van der Waals surface area contributed by atoms with Crippen LogP contribution in [-0.4, -0.2) is 60.4 Å². The number of hydrogen-bond donors (Lipinski definition) is 1. The summed E-state index contributed by atoms with van der Waals surface area (Å²) in [7, 11) is 1.72. The summed E-state index contributed by atoms with van der Waals surface area (Å²) >= 11 is 0. The molecule has 6 heteroatoms. The molecule has 20 heavy (non-hydrogen) atoms. The normalized spacial score (nSPS) is 22.7. The fraction of sp³-hybridized carbons (Fsp3) is 0.786. The van der Waals surface area contributed by atoms with E-state index in [2.05, 4.69) is 11.4 Å². The highest BCUT2D eigenvalue weighted by atomic mass is 16.2. The molecule has 1 aliphatic heterocycles. The molecule has 2 aliphatic rings. The molecule has 0 aromatic heterocycles. The molecule has 1 saturated carbocycles. The molecule has 110 valence electrons. The molecule has 6 nitrogen and oxygen atoms in total. The number of carbonyl (C=O) groups is 2. The lowest BCUT2D eigenvalue weighted by Gasteiger charge is -2.40. The van der Waals surface area contributed by atoms with Crippen LogP contribution in [0, 0.1) is 11.3 Å². The van der Waals surface area contributed by atoms with E-state index in [4.69, 9.17) is 0 Å². The first-order chi connectivity index (χ1) is 9.57. The maximum atomic E-state index is 12.4. The maximum Gasteiger partial charge on any atom is 0.237 e. The molecular weight excluding hydrogens is 256 g/mol. The van der Waals surface area contributed by atoms with E-state index in [0.29, 0.717) is 13.1 Å². The number of hydrogen-bond acceptors (Lipinski definition) is 4. The molecule has 0 radical (unpaired) electrons. The first-order valence-corrected chi connectivity index (χ1v) is 7.24. The minimum atomic E-state index is -0.645. The maximum absolute atomic E-state index is 12.4. The van der Waals surface area contributed by atoms with Crippen molar-refractivity contribution in [1.29, 1.82) is 5.26 Å². The number of likely N-dealkylation sites (N-methyl/N-ethyl adjacent to an activating group) is 1. The highest BCUT2D eigenvalue weighted by molar-refractivity contribution is 5.82. The summed E-state index contributed by atoms with van der Waals surface area (Å²) in [5.74, 6) is -0.109. The second-order valence-corrected chi connectivity index (χ2v) is 5.72. The molecule has 0 spiro atoms. The molecule has 1 heterocycles. The number of piperazine rings is 1. The number of amides is 2. The minimum absolute atomic E-state index is 0.0423. The summed E-state index contributed by atoms with van der Waals surface area (Å²) < 4.78 is 0. The number of rotatable bonds is 3. The molecule has 0 aromatic carbocycles. The number of nitriles is 1. The fourth-order valence-electron chi connectivity index (χ4n) is 3.02. The molecule has 1 N–H and O–H groups in total. The van der Waals surface area contributed by atoms with E-state index in [9.17, 15) is 14.9 Å². The lowest BCUT2D eigenvalue weighted by atomic mass is 9.81. The zero-order chi connectivity index (χ0) is 14.6. The highest BCUT2D eigenvalue weighted by Crippen LogP contribution is 2.32. The van der Waals surface area contributed by atoms with Crippen molar-refractivity contribution in [2.24, 2.45) is 0 Å². The van der Waals surface area contributed by atoms with Gasteiger partial charge in [0.15, 0.2) is 0 Å². The summed E-state index contributed by atoms with van der Waals surface area (Å²) in [6, 6.07) is 2.35. The predicted molar refractivity (Wildman–Crippen MR) is 73.6 cm³/mol. The average Bonchev–Trinajstić information content (AvgIpc) is 2.47. The van der Waals surface area contributed by atoms with E-state index in [1.165, 1.54) is 0 Å². The standard InChI is InChI=1S/C14H22N4O2/c1-17(14(11-15)5-3-2-4-6-14)13(20)10-18-8-7-16-12(19)9-18/h2-10H2,1H3,(H,16,19). The Bertz CT molecular complexity index is 423. The van der Waals surface area contributed by atoms with Gasteiger partial charge in [0.25, 0.3) is 0 Å². The van der Waals surface area contributed by atoms with Crippen LogP contribution in [-0.2, 0) is 9.59 Å². The SMILES string of the molecule is CN(C(=O)CN1CCNC(=O)C1)C1(C#N)CCCCC1. The zero-order valence-corrected chi connectivity index (χ0v) is 12.0. The summed E-state index contributed by atoms with van der Waals surface area (Å²) in [5, 5.41) is 12.2. The Kier molecular flexibility index (Phi) is 4.61. The molecular formula is C14H22N4O2. The van der Waals surface area contributed by atoms with Gasteiger partial charge in [-0.25, -0.2) is 0 Å². The highest BCUT2D eigenvalue weighted by Gasteiger charge is 2.39. The van der Waals surface area contributed by atoms with E-state index in [0.717, 1.165) is 32.1 Å². The van der Waals surface area contributed by atoms with Crippen LogP contribution < -0.4 is 5.32 Å². The third-order valence-electron chi connectivity index (χ3n) is 4.38. The van der Waals surface area contributed by atoms with Crippen molar-refractivity contribution in [1.82, 2.24) is 15.1 Å². The van der Waals surface area contributed by atoms with Gasteiger partial charge in [-0.2, -0.15) is 5.26 Å². The quantitative estimate of drug-likeness (QED) is 0.794. The second kappa shape index (κ2) is 6.23. The zero-order valence-electron chi connectivity index (χ0n) is 12.0. The van der Waals surface area contributed by atoms with Gasteiger partial charge >= 0.3 is 0 Å². The van der Waals surface area contributed by atoms with E-state index in [-0.39, 0.29) is 24.9 Å². The van der Waals surface area contributed by atoms with Gasteiger partial charge in [-0.05, 0) is 12.8 Å². The lowest BCUT2D eigenvalue weighted by molar-refractivity contribution is -0.137. The molecule has 1 aliphatic carbocycles. The Morgan fingerprint density at radius 1 is 1.45 bits per heavy atom. The summed E-state index contributed by atoms with van der Waals surface area (Å²) in [5.41, 5.74) is -0.645. The van der Waals surface area contributed by atoms with Crippen LogP contribution in [0.1, 0.15) is 32.1 Å². The van der Waals surface area contributed by atoms with Gasteiger partial charge in [0.05, 0.1) is 19.2 Å². The molecule has 2 rings (SSSR count). The largest absolute Gasteiger partial charge is 0.354 e. The Balaban J connectivity index is 1.97. The molecule has 0 unspecified atom stereocenters. The Morgan fingerprint density at radius 2 is 2.15 bits per heavy atom. The van der Waals surface area contributed by atoms with Crippen molar-refractivity contribution in [3.63, 3.8) is 0 Å². The van der Waals surface area contributed by atoms with Crippen molar-refractivity contribution < 1.29 is 9.59 Å². The van der Waals surface area contributed by atoms with Gasteiger partial charge < -0.3 is 10.2 Å². The van der Waals surface area contributed by atoms with Crippen molar-refractivity contribution in [2.75, 3.05) is 33.2 Å². The van der Waals surface area contributed by atoms with Crippen LogP contribution in [0.25, 0.3) is 0 Å². The molecule has 0 aromatic rings. The fourth-order valence-corrected chi connectivity index (χ4v) is 3.02. The number of nitrogens with zero attached hydrogens (tertiary/aromatic N) is 3. The molecule has 0 bridgehead atoms. The Labute approximate surface area is 119 Å². The van der Waals surface area contributed by atoms with E-state index in [1.54, 1.807) is 11.9 Å². The minimum Gasteiger partial charge on any atom is -0.354 e. The third kappa shape index (κ3) is 3.10. The first kappa shape index (κ1) is 14.8. The van der Waals surface area contributed by atoms with Gasteiger partial charge in [-0.15, -0.1) is 0 Å². The molecule has 1 saturated heterocycles. The van der Waals surface area contributed by atoms with Crippen molar-refractivity contribution in [3.05, 3.63) is 0 Å². The smallest absolute Gasteiger partial charge is 0.237 e. The Hall–Kier alpha value is -1.61. The lowest BCUT2D eigenvalue weighted by Crippen LogP contribution is -2.55.